The summed E-state index contributed by atoms with van der Waals surface area (Å²) in [5.41, 5.74) is 2.22. The molecule has 0 saturated carbocycles. The van der Waals surface area contributed by atoms with Crippen molar-refractivity contribution in [2.24, 2.45) is 0 Å². The summed E-state index contributed by atoms with van der Waals surface area (Å²) in [6, 6.07) is 15.8. The quantitative estimate of drug-likeness (QED) is 0.635. The Hall–Kier alpha value is -0.990. The van der Waals surface area contributed by atoms with Gasteiger partial charge in [-0.2, -0.15) is 0 Å². The summed E-state index contributed by atoms with van der Waals surface area (Å²) in [7, 11) is 0. The molecule has 3 heteroatoms. The molecule has 0 fully saturated rings. The van der Waals surface area contributed by atoms with E-state index >= 15 is 0 Å². The number of rotatable bonds is 4. The summed E-state index contributed by atoms with van der Waals surface area (Å²) in [5.74, 6) is 0.870. The lowest BCUT2D eigenvalue weighted by molar-refractivity contribution is 0.304. The van der Waals surface area contributed by atoms with Crippen molar-refractivity contribution in [1.29, 1.82) is 0 Å². The Labute approximate surface area is 128 Å². The van der Waals surface area contributed by atoms with Gasteiger partial charge in [0, 0.05) is 15.9 Å². The molecule has 0 radical (unpaired) electrons. The van der Waals surface area contributed by atoms with E-state index in [1.807, 2.05) is 62.4 Å². The van der Waals surface area contributed by atoms with Crippen LogP contribution in [0.25, 0.3) is 0 Å². The van der Waals surface area contributed by atoms with E-state index in [1.54, 1.807) is 0 Å². The van der Waals surface area contributed by atoms with Gasteiger partial charge in [-0.05, 0) is 23.8 Å². The molecular formula is C16H18BrClO. The van der Waals surface area contributed by atoms with Crippen LogP contribution in [-0.2, 0) is 11.9 Å². The van der Waals surface area contributed by atoms with E-state index in [1.165, 1.54) is 0 Å². The van der Waals surface area contributed by atoms with Crippen LogP contribution in [0.5, 0.6) is 5.75 Å². The van der Waals surface area contributed by atoms with Crippen molar-refractivity contribution < 1.29 is 4.74 Å². The van der Waals surface area contributed by atoms with E-state index in [0.29, 0.717) is 6.61 Å². The van der Waals surface area contributed by atoms with E-state index < -0.39 is 0 Å². The van der Waals surface area contributed by atoms with Crippen LogP contribution in [0.15, 0.2) is 48.5 Å². The highest BCUT2D eigenvalue weighted by Gasteiger charge is 2.03. The van der Waals surface area contributed by atoms with E-state index in [9.17, 15) is 0 Å². The zero-order valence-corrected chi connectivity index (χ0v) is 13.5. The van der Waals surface area contributed by atoms with Crippen LogP contribution in [-0.4, -0.2) is 0 Å². The van der Waals surface area contributed by atoms with Gasteiger partial charge in [0.15, 0.2) is 0 Å². The number of alkyl halides is 1. The highest BCUT2D eigenvalue weighted by molar-refractivity contribution is 9.08. The molecule has 0 atom stereocenters. The molecule has 2 rings (SSSR count). The first kappa shape index (κ1) is 16.1. The lowest BCUT2D eigenvalue weighted by Crippen LogP contribution is -1.97. The highest BCUT2D eigenvalue weighted by atomic mass is 79.9. The van der Waals surface area contributed by atoms with Crippen LogP contribution >= 0.6 is 27.5 Å². The molecule has 1 nitrogen and oxygen atoms in total. The molecule has 0 aliphatic heterocycles. The number of hydrogen-bond donors (Lipinski definition) is 0. The topological polar surface area (TPSA) is 9.23 Å². The summed E-state index contributed by atoms with van der Waals surface area (Å²) in [5, 5.41) is 1.46. The second-order valence-electron chi connectivity index (χ2n) is 3.66. The van der Waals surface area contributed by atoms with Gasteiger partial charge in [-0.25, -0.2) is 0 Å². The maximum Gasteiger partial charge on any atom is 0.123 e. The van der Waals surface area contributed by atoms with Crippen molar-refractivity contribution in [1.82, 2.24) is 0 Å². The lowest BCUT2D eigenvalue weighted by atomic mass is 10.2. The van der Waals surface area contributed by atoms with Crippen LogP contribution in [0.2, 0.25) is 5.02 Å². The van der Waals surface area contributed by atoms with Crippen molar-refractivity contribution in [2.75, 3.05) is 0 Å². The molecule has 0 aromatic heterocycles. The van der Waals surface area contributed by atoms with E-state index in [4.69, 9.17) is 16.3 Å². The third-order valence-electron chi connectivity index (χ3n) is 2.40. The average Bonchev–Trinajstić information content (AvgIpc) is 2.49. The minimum atomic E-state index is 0.572. The molecule has 0 heterocycles. The number of hydrogen-bond acceptors (Lipinski definition) is 1. The van der Waals surface area contributed by atoms with Gasteiger partial charge in [-0.1, -0.05) is 71.7 Å². The molecule has 2 aromatic rings. The van der Waals surface area contributed by atoms with Crippen molar-refractivity contribution >= 4 is 27.5 Å². The summed E-state index contributed by atoms with van der Waals surface area (Å²) in [6.45, 7) is 4.57. The number of ether oxygens (including phenoxy) is 1. The lowest BCUT2D eigenvalue weighted by Gasteiger charge is -2.10. The SMILES string of the molecule is CC.Clc1ccc(OCc2ccccc2)c(CBr)c1. The summed E-state index contributed by atoms with van der Waals surface area (Å²) in [6.07, 6.45) is 0. The fourth-order valence-electron chi connectivity index (χ4n) is 1.53. The van der Waals surface area contributed by atoms with Gasteiger partial charge < -0.3 is 4.74 Å². The molecular weight excluding hydrogens is 324 g/mol. The number of halogens is 2. The van der Waals surface area contributed by atoms with Gasteiger partial charge in [0.05, 0.1) is 0 Å². The largest absolute Gasteiger partial charge is 0.489 e. The van der Waals surface area contributed by atoms with Crippen molar-refractivity contribution in [3.05, 3.63) is 64.7 Å². The second-order valence-corrected chi connectivity index (χ2v) is 4.66. The number of benzene rings is 2. The van der Waals surface area contributed by atoms with Crippen LogP contribution in [0.4, 0.5) is 0 Å². The molecule has 0 spiro atoms. The van der Waals surface area contributed by atoms with Gasteiger partial charge in [-0.15, -0.1) is 0 Å². The Morgan fingerprint density at radius 1 is 1.05 bits per heavy atom. The van der Waals surface area contributed by atoms with Crippen LogP contribution in [0, 0.1) is 0 Å². The van der Waals surface area contributed by atoms with Gasteiger partial charge in [0.1, 0.15) is 12.4 Å². The van der Waals surface area contributed by atoms with Gasteiger partial charge in [-0.3, -0.25) is 0 Å². The van der Waals surface area contributed by atoms with Crippen molar-refractivity contribution in [3.8, 4) is 5.75 Å². The van der Waals surface area contributed by atoms with Crippen LogP contribution in [0.3, 0.4) is 0 Å². The molecule has 0 aliphatic rings. The zero-order chi connectivity index (χ0) is 14.1. The van der Waals surface area contributed by atoms with E-state index in [2.05, 4.69) is 15.9 Å². The Morgan fingerprint density at radius 2 is 1.74 bits per heavy atom. The highest BCUT2D eigenvalue weighted by Crippen LogP contribution is 2.25. The first-order valence-corrected chi connectivity index (χ1v) is 7.80. The fourth-order valence-corrected chi connectivity index (χ4v) is 2.16. The Morgan fingerprint density at radius 3 is 2.37 bits per heavy atom. The smallest absolute Gasteiger partial charge is 0.123 e. The van der Waals surface area contributed by atoms with Crippen molar-refractivity contribution in [3.63, 3.8) is 0 Å². The molecule has 0 N–H and O–H groups in total. The molecule has 0 saturated heterocycles. The summed E-state index contributed by atoms with van der Waals surface area (Å²) >= 11 is 9.37. The van der Waals surface area contributed by atoms with Crippen LogP contribution in [0.1, 0.15) is 25.0 Å². The van der Waals surface area contributed by atoms with E-state index in [0.717, 1.165) is 27.2 Å². The molecule has 0 amide bonds. The third kappa shape index (κ3) is 5.25. The molecule has 102 valence electrons. The predicted octanol–water partition coefficient (Wildman–Crippen LogP) is 5.84. The van der Waals surface area contributed by atoms with Gasteiger partial charge >= 0.3 is 0 Å². The molecule has 19 heavy (non-hydrogen) atoms. The normalized spacial score (nSPS) is 9.47. The molecule has 0 aliphatic carbocycles. The van der Waals surface area contributed by atoms with E-state index in [-0.39, 0.29) is 0 Å². The zero-order valence-electron chi connectivity index (χ0n) is 11.2. The predicted molar refractivity (Wildman–Crippen MR) is 86.2 cm³/mol. The van der Waals surface area contributed by atoms with Crippen LogP contribution < -0.4 is 4.74 Å². The minimum Gasteiger partial charge on any atom is -0.489 e. The van der Waals surface area contributed by atoms with Gasteiger partial charge in [0.25, 0.3) is 0 Å². The standard InChI is InChI=1S/C14H12BrClO.C2H6/c15-9-12-8-13(16)6-7-14(12)17-10-11-4-2-1-3-5-11;1-2/h1-8H,9-10H2;1-2H3. The Balaban J connectivity index is 0.000000861. The summed E-state index contributed by atoms with van der Waals surface area (Å²) in [4.78, 5) is 0. The van der Waals surface area contributed by atoms with Gasteiger partial charge in [0.2, 0.25) is 0 Å². The first-order valence-electron chi connectivity index (χ1n) is 6.30. The maximum absolute atomic E-state index is 5.94. The van der Waals surface area contributed by atoms with Crippen molar-refractivity contribution in [2.45, 2.75) is 25.8 Å². The maximum atomic E-state index is 5.94. The third-order valence-corrected chi connectivity index (χ3v) is 3.24. The fraction of sp³-hybridized carbons (Fsp3) is 0.250. The first-order chi connectivity index (χ1) is 9.29. The molecule has 0 unspecified atom stereocenters. The second kappa shape index (κ2) is 9.00. The summed E-state index contributed by atoms with van der Waals surface area (Å²) < 4.78 is 5.78. The average molecular weight is 342 g/mol. The molecule has 0 bridgehead atoms. The minimum absolute atomic E-state index is 0.572. The Bertz CT molecular complexity index is 485. The molecule has 2 aromatic carbocycles. The Kier molecular flexibility index (Phi) is 7.61. The monoisotopic (exact) mass is 340 g/mol.